The van der Waals surface area contributed by atoms with Crippen molar-refractivity contribution in [3.8, 4) is 6.07 Å². The van der Waals surface area contributed by atoms with Gasteiger partial charge in [0.05, 0.1) is 36.2 Å². The average Bonchev–Trinajstić information content (AvgIpc) is 3.18. The van der Waals surface area contributed by atoms with Crippen LogP contribution < -0.4 is 5.32 Å². The SMILES string of the molecule is N#Cc1ccc(CNc2cnn(CC3CCCO3)c2)cc1. The van der Waals surface area contributed by atoms with Crippen LogP contribution in [0.1, 0.15) is 24.0 Å². The van der Waals surface area contributed by atoms with Crippen molar-refractivity contribution in [2.75, 3.05) is 11.9 Å². The molecule has 1 aromatic heterocycles. The molecular formula is C16H18N4O. The summed E-state index contributed by atoms with van der Waals surface area (Å²) >= 11 is 0. The van der Waals surface area contributed by atoms with Crippen LogP contribution in [0.5, 0.6) is 0 Å². The molecule has 108 valence electrons. The minimum atomic E-state index is 0.302. The number of nitriles is 1. The van der Waals surface area contributed by atoms with Gasteiger partial charge in [0.1, 0.15) is 0 Å². The van der Waals surface area contributed by atoms with E-state index in [4.69, 9.17) is 10.00 Å². The second-order valence-corrected chi connectivity index (χ2v) is 5.25. The first-order chi connectivity index (χ1) is 10.3. The quantitative estimate of drug-likeness (QED) is 0.915. The van der Waals surface area contributed by atoms with E-state index in [1.54, 1.807) is 0 Å². The fourth-order valence-electron chi connectivity index (χ4n) is 2.45. The van der Waals surface area contributed by atoms with Crippen LogP contribution in [0.2, 0.25) is 0 Å². The maximum Gasteiger partial charge on any atom is 0.0991 e. The van der Waals surface area contributed by atoms with E-state index in [-0.39, 0.29) is 0 Å². The summed E-state index contributed by atoms with van der Waals surface area (Å²) in [6.45, 7) is 2.41. The third kappa shape index (κ3) is 3.61. The first-order valence-corrected chi connectivity index (χ1v) is 7.20. The highest BCUT2D eigenvalue weighted by molar-refractivity contribution is 5.40. The lowest BCUT2D eigenvalue weighted by molar-refractivity contribution is 0.0940. The molecule has 5 nitrogen and oxygen atoms in total. The van der Waals surface area contributed by atoms with Gasteiger partial charge < -0.3 is 10.1 Å². The Morgan fingerprint density at radius 3 is 2.95 bits per heavy atom. The number of rotatable bonds is 5. The molecule has 1 atom stereocenters. The number of nitrogens with zero attached hydrogens (tertiary/aromatic N) is 3. The van der Waals surface area contributed by atoms with Gasteiger partial charge in [-0.3, -0.25) is 4.68 Å². The van der Waals surface area contributed by atoms with Crippen LogP contribution in [-0.2, 0) is 17.8 Å². The largest absolute Gasteiger partial charge is 0.378 e. The fraction of sp³-hybridized carbons (Fsp3) is 0.375. The number of benzene rings is 1. The maximum atomic E-state index is 8.77. The van der Waals surface area contributed by atoms with Crippen molar-refractivity contribution in [2.45, 2.75) is 32.0 Å². The minimum absolute atomic E-state index is 0.302. The molecule has 1 N–H and O–H groups in total. The first-order valence-electron chi connectivity index (χ1n) is 7.20. The molecule has 1 aliphatic heterocycles. The predicted molar refractivity (Wildman–Crippen MR) is 79.7 cm³/mol. The Kier molecular flexibility index (Phi) is 4.17. The highest BCUT2D eigenvalue weighted by atomic mass is 16.5. The third-order valence-corrected chi connectivity index (χ3v) is 3.63. The van der Waals surface area contributed by atoms with E-state index in [0.717, 1.165) is 43.8 Å². The Morgan fingerprint density at radius 2 is 2.24 bits per heavy atom. The van der Waals surface area contributed by atoms with Gasteiger partial charge in [0.15, 0.2) is 0 Å². The summed E-state index contributed by atoms with van der Waals surface area (Å²) in [4.78, 5) is 0. The summed E-state index contributed by atoms with van der Waals surface area (Å²) in [6, 6.07) is 9.70. The van der Waals surface area contributed by atoms with Crippen LogP contribution in [0.3, 0.4) is 0 Å². The van der Waals surface area contributed by atoms with Gasteiger partial charge in [0, 0.05) is 19.3 Å². The van der Waals surface area contributed by atoms with Gasteiger partial charge in [0.25, 0.3) is 0 Å². The van der Waals surface area contributed by atoms with E-state index in [2.05, 4.69) is 16.5 Å². The van der Waals surface area contributed by atoms with Gasteiger partial charge in [-0.25, -0.2) is 0 Å². The van der Waals surface area contributed by atoms with E-state index < -0.39 is 0 Å². The monoisotopic (exact) mass is 282 g/mol. The lowest BCUT2D eigenvalue weighted by Crippen LogP contribution is -2.15. The van der Waals surface area contributed by atoms with Gasteiger partial charge in [-0.1, -0.05) is 12.1 Å². The summed E-state index contributed by atoms with van der Waals surface area (Å²) in [6.07, 6.45) is 6.41. The normalized spacial score (nSPS) is 17.6. The molecule has 1 aliphatic rings. The van der Waals surface area contributed by atoms with Crippen molar-refractivity contribution < 1.29 is 4.74 Å². The topological polar surface area (TPSA) is 62.9 Å². The Bertz CT molecular complexity index is 620. The zero-order valence-electron chi connectivity index (χ0n) is 11.8. The lowest BCUT2D eigenvalue weighted by Gasteiger charge is -2.08. The molecule has 1 saturated heterocycles. The molecule has 0 aliphatic carbocycles. The molecular weight excluding hydrogens is 264 g/mol. The summed E-state index contributed by atoms with van der Waals surface area (Å²) in [5.41, 5.74) is 2.82. The molecule has 0 spiro atoms. The molecule has 3 rings (SSSR count). The zero-order chi connectivity index (χ0) is 14.5. The van der Waals surface area contributed by atoms with E-state index in [0.29, 0.717) is 11.7 Å². The van der Waals surface area contributed by atoms with E-state index in [1.807, 2.05) is 41.3 Å². The first kappa shape index (κ1) is 13.7. The molecule has 2 heterocycles. The van der Waals surface area contributed by atoms with Crippen molar-refractivity contribution in [2.24, 2.45) is 0 Å². The molecule has 0 bridgehead atoms. The number of ether oxygens (including phenoxy) is 1. The highest BCUT2D eigenvalue weighted by Gasteiger charge is 2.16. The second-order valence-electron chi connectivity index (χ2n) is 5.25. The van der Waals surface area contributed by atoms with Gasteiger partial charge >= 0.3 is 0 Å². The van der Waals surface area contributed by atoms with Gasteiger partial charge in [-0.2, -0.15) is 10.4 Å². The van der Waals surface area contributed by atoms with Crippen molar-refractivity contribution >= 4 is 5.69 Å². The predicted octanol–water partition coefficient (Wildman–Crippen LogP) is 2.55. The van der Waals surface area contributed by atoms with Crippen LogP contribution >= 0.6 is 0 Å². The number of hydrogen-bond acceptors (Lipinski definition) is 4. The molecule has 21 heavy (non-hydrogen) atoms. The van der Waals surface area contributed by atoms with Gasteiger partial charge in [-0.05, 0) is 30.5 Å². The van der Waals surface area contributed by atoms with Crippen molar-refractivity contribution in [3.63, 3.8) is 0 Å². The van der Waals surface area contributed by atoms with Crippen LogP contribution in [0.15, 0.2) is 36.7 Å². The Labute approximate surface area is 124 Å². The number of aromatic nitrogens is 2. The molecule has 0 saturated carbocycles. The Hall–Kier alpha value is -2.32. The standard InChI is InChI=1S/C16H18N4O/c17-8-13-3-5-14(6-4-13)9-18-15-10-19-20(11-15)12-16-2-1-7-21-16/h3-6,10-11,16,18H,1-2,7,9,12H2. The zero-order valence-corrected chi connectivity index (χ0v) is 11.8. The maximum absolute atomic E-state index is 8.77. The van der Waals surface area contributed by atoms with Crippen molar-refractivity contribution in [1.29, 1.82) is 5.26 Å². The van der Waals surface area contributed by atoms with E-state index >= 15 is 0 Å². The van der Waals surface area contributed by atoms with Crippen LogP contribution in [0, 0.1) is 11.3 Å². The fourth-order valence-corrected chi connectivity index (χ4v) is 2.45. The van der Waals surface area contributed by atoms with Crippen LogP contribution in [0.4, 0.5) is 5.69 Å². The Balaban J connectivity index is 1.53. The minimum Gasteiger partial charge on any atom is -0.378 e. The summed E-state index contributed by atoms with van der Waals surface area (Å²) in [7, 11) is 0. The van der Waals surface area contributed by atoms with Gasteiger partial charge in [0.2, 0.25) is 0 Å². The molecule has 0 radical (unpaired) electrons. The summed E-state index contributed by atoms with van der Waals surface area (Å²) in [5.74, 6) is 0. The lowest BCUT2D eigenvalue weighted by atomic mass is 10.1. The summed E-state index contributed by atoms with van der Waals surface area (Å²) in [5, 5.41) is 16.5. The molecule has 2 aromatic rings. The van der Waals surface area contributed by atoms with Gasteiger partial charge in [-0.15, -0.1) is 0 Å². The Morgan fingerprint density at radius 1 is 1.38 bits per heavy atom. The highest BCUT2D eigenvalue weighted by Crippen LogP contribution is 2.15. The van der Waals surface area contributed by atoms with E-state index in [9.17, 15) is 0 Å². The molecule has 1 unspecified atom stereocenters. The van der Waals surface area contributed by atoms with Crippen molar-refractivity contribution in [1.82, 2.24) is 9.78 Å². The number of anilines is 1. The smallest absolute Gasteiger partial charge is 0.0991 e. The van der Waals surface area contributed by atoms with Crippen LogP contribution in [-0.4, -0.2) is 22.5 Å². The third-order valence-electron chi connectivity index (χ3n) is 3.63. The molecule has 1 fully saturated rings. The van der Waals surface area contributed by atoms with Crippen molar-refractivity contribution in [3.05, 3.63) is 47.8 Å². The second kappa shape index (κ2) is 6.42. The number of nitrogens with one attached hydrogen (secondary N) is 1. The average molecular weight is 282 g/mol. The molecule has 1 aromatic carbocycles. The molecule has 5 heteroatoms. The molecule has 0 amide bonds. The number of hydrogen-bond donors (Lipinski definition) is 1. The van der Waals surface area contributed by atoms with E-state index in [1.165, 1.54) is 0 Å². The van der Waals surface area contributed by atoms with Crippen LogP contribution in [0.25, 0.3) is 0 Å². The summed E-state index contributed by atoms with van der Waals surface area (Å²) < 4.78 is 7.54.